The summed E-state index contributed by atoms with van der Waals surface area (Å²) in [6, 6.07) is 8.53. The van der Waals surface area contributed by atoms with Crippen LogP contribution in [0, 0.1) is 0 Å². The van der Waals surface area contributed by atoms with Gasteiger partial charge in [0.25, 0.3) is 0 Å². The lowest BCUT2D eigenvalue weighted by molar-refractivity contribution is 0.346. The van der Waals surface area contributed by atoms with Gasteiger partial charge in [-0.3, -0.25) is 0 Å². The minimum Gasteiger partial charge on any atom is -0.379 e. The smallest absolute Gasteiger partial charge is 0.0408 e. The molecule has 19 heavy (non-hydrogen) atoms. The van der Waals surface area contributed by atoms with Crippen molar-refractivity contribution in [3.8, 4) is 0 Å². The Balaban J connectivity index is 2.12. The van der Waals surface area contributed by atoms with E-state index in [1.807, 2.05) is 0 Å². The molecule has 0 saturated heterocycles. The SMILES string of the molecule is C=CCC1(Nc2ccc(Br)cc2)CCCCCCC1. The number of nitrogens with one attached hydrogen (secondary N) is 1. The van der Waals surface area contributed by atoms with Gasteiger partial charge in [0, 0.05) is 15.7 Å². The number of rotatable bonds is 4. The topological polar surface area (TPSA) is 12.0 Å². The third-order valence-electron chi connectivity index (χ3n) is 4.10. The number of halogens is 1. The highest BCUT2D eigenvalue weighted by atomic mass is 79.9. The van der Waals surface area contributed by atoms with Gasteiger partial charge in [0.1, 0.15) is 0 Å². The van der Waals surface area contributed by atoms with Gasteiger partial charge >= 0.3 is 0 Å². The molecular formula is C17H24BrN. The normalized spacial score (nSPS) is 19.2. The van der Waals surface area contributed by atoms with Crippen LogP contribution in [0.4, 0.5) is 5.69 Å². The Morgan fingerprint density at radius 1 is 1.05 bits per heavy atom. The van der Waals surface area contributed by atoms with Crippen molar-refractivity contribution in [2.45, 2.75) is 56.9 Å². The second-order valence-electron chi connectivity index (χ2n) is 5.67. The second-order valence-corrected chi connectivity index (χ2v) is 6.59. The van der Waals surface area contributed by atoms with Gasteiger partial charge in [-0.1, -0.05) is 54.1 Å². The largest absolute Gasteiger partial charge is 0.379 e. The predicted octanol–water partition coefficient (Wildman–Crippen LogP) is 5.92. The summed E-state index contributed by atoms with van der Waals surface area (Å²) in [6.45, 7) is 3.96. The maximum atomic E-state index is 3.96. The molecule has 1 aromatic carbocycles. The van der Waals surface area contributed by atoms with Gasteiger partial charge in [-0.25, -0.2) is 0 Å². The second kappa shape index (κ2) is 7.14. The zero-order chi connectivity index (χ0) is 13.6. The molecule has 0 atom stereocenters. The van der Waals surface area contributed by atoms with Crippen molar-refractivity contribution in [2.75, 3.05) is 5.32 Å². The van der Waals surface area contributed by atoms with Crippen LogP contribution in [-0.2, 0) is 0 Å². The molecule has 1 saturated carbocycles. The molecule has 1 aliphatic rings. The molecule has 104 valence electrons. The summed E-state index contributed by atoms with van der Waals surface area (Å²) in [5.74, 6) is 0. The van der Waals surface area contributed by atoms with E-state index < -0.39 is 0 Å². The average Bonchev–Trinajstić information content (AvgIpc) is 2.37. The van der Waals surface area contributed by atoms with Crippen LogP contribution in [0.1, 0.15) is 51.4 Å². The van der Waals surface area contributed by atoms with Gasteiger partial charge in [-0.15, -0.1) is 6.58 Å². The van der Waals surface area contributed by atoms with E-state index in [1.54, 1.807) is 0 Å². The van der Waals surface area contributed by atoms with Gasteiger partial charge in [-0.2, -0.15) is 0 Å². The lowest BCUT2D eigenvalue weighted by Crippen LogP contribution is -2.38. The first-order chi connectivity index (χ1) is 9.24. The first-order valence-electron chi connectivity index (χ1n) is 7.39. The third-order valence-corrected chi connectivity index (χ3v) is 4.63. The van der Waals surface area contributed by atoms with Gasteiger partial charge < -0.3 is 5.32 Å². The Morgan fingerprint density at radius 3 is 2.21 bits per heavy atom. The van der Waals surface area contributed by atoms with Crippen LogP contribution >= 0.6 is 15.9 Å². The predicted molar refractivity (Wildman–Crippen MR) is 87.6 cm³/mol. The van der Waals surface area contributed by atoms with Crippen LogP contribution in [-0.4, -0.2) is 5.54 Å². The van der Waals surface area contributed by atoms with E-state index in [2.05, 4.69) is 58.2 Å². The number of hydrogen-bond donors (Lipinski definition) is 1. The molecular weight excluding hydrogens is 298 g/mol. The Morgan fingerprint density at radius 2 is 1.63 bits per heavy atom. The van der Waals surface area contributed by atoms with Gasteiger partial charge in [0.2, 0.25) is 0 Å². The van der Waals surface area contributed by atoms with Crippen molar-refractivity contribution in [1.82, 2.24) is 0 Å². The summed E-state index contributed by atoms with van der Waals surface area (Å²) >= 11 is 3.49. The molecule has 0 aliphatic heterocycles. The maximum absolute atomic E-state index is 3.96. The Hall–Kier alpha value is -0.760. The van der Waals surface area contributed by atoms with Crippen molar-refractivity contribution in [1.29, 1.82) is 0 Å². The molecule has 1 fully saturated rings. The monoisotopic (exact) mass is 321 g/mol. The van der Waals surface area contributed by atoms with E-state index >= 15 is 0 Å². The number of benzene rings is 1. The lowest BCUT2D eigenvalue weighted by atomic mass is 9.81. The van der Waals surface area contributed by atoms with Crippen LogP contribution in [0.25, 0.3) is 0 Å². The first kappa shape index (κ1) is 14.6. The molecule has 2 rings (SSSR count). The van der Waals surface area contributed by atoms with E-state index in [1.165, 1.54) is 50.6 Å². The molecule has 0 bridgehead atoms. The molecule has 1 aliphatic carbocycles. The molecule has 2 heteroatoms. The van der Waals surface area contributed by atoms with Gasteiger partial charge in [0.05, 0.1) is 0 Å². The molecule has 1 nitrogen and oxygen atoms in total. The summed E-state index contributed by atoms with van der Waals surface area (Å²) < 4.78 is 1.13. The average molecular weight is 322 g/mol. The Kier molecular flexibility index (Phi) is 5.50. The van der Waals surface area contributed by atoms with Crippen molar-refractivity contribution < 1.29 is 0 Å². The van der Waals surface area contributed by atoms with Crippen LogP contribution < -0.4 is 5.32 Å². The van der Waals surface area contributed by atoms with Gasteiger partial charge in [0.15, 0.2) is 0 Å². The fraction of sp³-hybridized carbons (Fsp3) is 0.529. The van der Waals surface area contributed by atoms with Crippen LogP contribution in [0.15, 0.2) is 41.4 Å². The molecule has 1 N–H and O–H groups in total. The fourth-order valence-corrected chi connectivity index (χ4v) is 3.34. The van der Waals surface area contributed by atoms with E-state index in [0.29, 0.717) is 0 Å². The fourth-order valence-electron chi connectivity index (χ4n) is 3.08. The first-order valence-corrected chi connectivity index (χ1v) is 8.18. The van der Waals surface area contributed by atoms with Crippen molar-refractivity contribution in [2.24, 2.45) is 0 Å². The Labute approximate surface area is 125 Å². The third kappa shape index (κ3) is 4.38. The lowest BCUT2D eigenvalue weighted by Gasteiger charge is -2.37. The minimum atomic E-state index is 0.218. The van der Waals surface area contributed by atoms with Crippen molar-refractivity contribution >= 4 is 21.6 Å². The molecule has 0 unspecified atom stereocenters. The minimum absolute atomic E-state index is 0.218. The highest BCUT2D eigenvalue weighted by Gasteiger charge is 2.28. The van der Waals surface area contributed by atoms with Crippen molar-refractivity contribution in [3.05, 3.63) is 41.4 Å². The summed E-state index contributed by atoms with van der Waals surface area (Å²) in [4.78, 5) is 0. The van der Waals surface area contributed by atoms with Crippen LogP contribution in [0.5, 0.6) is 0 Å². The standard InChI is InChI=1S/C17H24BrN/c1-2-12-17(13-6-4-3-5-7-14-17)19-16-10-8-15(18)9-11-16/h2,8-11,19H,1,3-7,12-14H2. The Bertz CT molecular complexity index is 388. The highest BCUT2D eigenvalue weighted by Crippen LogP contribution is 2.33. The quantitative estimate of drug-likeness (QED) is 0.678. The van der Waals surface area contributed by atoms with Crippen LogP contribution in [0.2, 0.25) is 0 Å². The molecule has 0 spiro atoms. The molecule has 0 aromatic heterocycles. The summed E-state index contributed by atoms with van der Waals surface area (Å²) in [7, 11) is 0. The molecule has 0 amide bonds. The molecule has 0 heterocycles. The summed E-state index contributed by atoms with van der Waals surface area (Å²) in [5, 5.41) is 3.80. The zero-order valence-electron chi connectivity index (χ0n) is 11.6. The summed E-state index contributed by atoms with van der Waals surface area (Å²) in [6.07, 6.45) is 12.5. The van der Waals surface area contributed by atoms with E-state index in [0.717, 1.165) is 10.9 Å². The number of hydrogen-bond acceptors (Lipinski definition) is 1. The molecule has 1 aromatic rings. The summed E-state index contributed by atoms with van der Waals surface area (Å²) in [5.41, 5.74) is 1.45. The van der Waals surface area contributed by atoms with E-state index in [9.17, 15) is 0 Å². The zero-order valence-corrected chi connectivity index (χ0v) is 13.2. The van der Waals surface area contributed by atoms with Gasteiger partial charge in [-0.05, 0) is 43.5 Å². The van der Waals surface area contributed by atoms with E-state index in [-0.39, 0.29) is 5.54 Å². The maximum Gasteiger partial charge on any atom is 0.0408 e. The van der Waals surface area contributed by atoms with Crippen LogP contribution in [0.3, 0.4) is 0 Å². The van der Waals surface area contributed by atoms with E-state index in [4.69, 9.17) is 0 Å². The number of anilines is 1. The molecule has 0 radical (unpaired) electrons. The van der Waals surface area contributed by atoms with Crippen molar-refractivity contribution in [3.63, 3.8) is 0 Å². The highest BCUT2D eigenvalue weighted by molar-refractivity contribution is 9.10.